The molecule has 0 N–H and O–H groups in total. The van der Waals surface area contributed by atoms with E-state index in [0.717, 1.165) is 16.0 Å². The lowest BCUT2D eigenvalue weighted by Gasteiger charge is -2.06. The van der Waals surface area contributed by atoms with Gasteiger partial charge in [0, 0.05) is 0 Å². The molecule has 0 amide bonds. The molecule has 16 heavy (non-hydrogen) atoms. The van der Waals surface area contributed by atoms with Crippen LogP contribution in [0.1, 0.15) is 31.9 Å². The van der Waals surface area contributed by atoms with Crippen LogP contribution in [-0.2, 0) is 0 Å². The molecular weight excluding hydrogens is 192 g/mol. The first kappa shape index (κ1) is 14.4. The Morgan fingerprint density at radius 3 is 2.25 bits per heavy atom. The standard InChI is InChI=1S/C14H16.C2H6/c1-6-7-13-9-8-11(4)12(5)14(13)10(2)3;1-2/h6-9H,1-2,4H2,3,5H3;1-2H3/b13-7-;. The van der Waals surface area contributed by atoms with Gasteiger partial charge in [-0.15, -0.1) is 0 Å². The van der Waals surface area contributed by atoms with Crippen LogP contribution in [0, 0.1) is 6.92 Å². The highest BCUT2D eigenvalue weighted by Gasteiger charge is 2.00. The van der Waals surface area contributed by atoms with E-state index in [4.69, 9.17) is 0 Å². The Morgan fingerprint density at radius 1 is 1.25 bits per heavy atom. The number of hydrogen-bond acceptors (Lipinski definition) is 0. The van der Waals surface area contributed by atoms with E-state index in [1.54, 1.807) is 6.08 Å². The molecule has 1 rings (SSSR count). The van der Waals surface area contributed by atoms with E-state index in [1.165, 1.54) is 11.1 Å². The van der Waals surface area contributed by atoms with Crippen LogP contribution >= 0.6 is 0 Å². The quantitative estimate of drug-likeness (QED) is 0.707. The smallest absolute Gasteiger partial charge is 0.0126 e. The second kappa shape index (κ2) is 6.84. The number of benzene rings is 1. The van der Waals surface area contributed by atoms with Crippen molar-refractivity contribution >= 4 is 18.2 Å². The van der Waals surface area contributed by atoms with Gasteiger partial charge in [0.15, 0.2) is 0 Å². The van der Waals surface area contributed by atoms with Crippen LogP contribution in [0.3, 0.4) is 0 Å². The zero-order valence-electron chi connectivity index (χ0n) is 10.9. The molecule has 0 nitrogen and oxygen atoms in total. The summed E-state index contributed by atoms with van der Waals surface area (Å²) >= 11 is 0. The van der Waals surface area contributed by atoms with E-state index in [0.29, 0.717) is 0 Å². The van der Waals surface area contributed by atoms with Gasteiger partial charge in [-0.25, -0.2) is 0 Å². The summed E-state index contributed by atoms with van der Waals surface area (Å²) in [6.07, 6.45) is 3.79. The molecule has 0 spiro atoms. The molecule has 0 fully saturated rings. The molecular formula is C16H22. The minimum Gasteiger partial charge on any atom is -0.0990 e. The minimum absolute atomic E-state index is 1.06. The Hall–Kier alpha value is -1.56. The van der Waals surface area contributed by atoms with Gasteiger partial charge in [-0.05, 0) is 35.4 Å². The Morgan fingerprint density at radius 2 is 1.81 bits per heavy atom. The first-order valence-electron chi connectivity index (χ1n) is 5.65. The number of allylic oxidation sites excluding steroid dienone is 2. The summed E-state index contributed by atoms with van der Waals surface area (Å²) in [6, 6.07) is 4.08. The molecule has 0 unspecified atom stereocenters. The van der Waals surface area contributed by atoms with Gasteiger partial charge >= 0.3 is 0 Å². The summed E-state index contributed by atoms with van der Waals surface area (Å²) in [6.45, 7) is 19.8. The van der Waals surface area contributed by atoms with Gasteiger partial charge in [0.2, 0.25) is 0 Å². The number of rotatable bonds is 2. The fraction of sp³-hybridized carbons (Fsp3) is 0.250. The summed E-state index contributed by atoms with van der Waals surface area (Å²) in [5, 5.41) is 2.22. The molecule has 1 aromatic carbocycles. The zero-order chi connectivity index (χ0) is 12.7. The zero-order valence-corrected chi connectivity index (χ0v) is 10.9. The fourth-order valence-electron chi connectivity index (χ4n) is 1.61. The van der Waals surface area contributed by atoms with Gasteiger partial charge in [0.05, 0.1) is 0 Å². The van der Waals surface area contributed by atoms with Crippen molar-refractivity contribution in [3.63, 3.8) is 0 Å². The molecule has 0 aliphatic rings. The van der Waals surface area contributed by atoms with Crippen molar-refractivity contribution in [3.05, 3.63) is 52.9 Å². The SMILES string of the molecule is C=C/C=c1/ccc(=C)c(C)c1C(=C)C.CC. The van der Waals surface area contributed by atoms with Crippen LogP contribution < -0.4 is 10.4 Å². The lowest BCUT2D eigenvalue weighted by atomic mass is 9.98. The lowest BCUT2D eigenvalue weighted by Crippen LogP contribution is -2.17. The molecule has 0 saturated heterocycles. The monoisotopic (exact) mass is 214 g/mol. The van der Waals surface area contributed by atoms with Gasteiger partial charge < -0.3 is 0 Å². The second-order valence-electron chi connectivity index (χ2n) is 3.50. The van der Waals surface area contributed by atoms with Crippen molar-refractivity contribution in [1.29, 1.82) is 0 Å². The normalized spacial score (nSPS) is 10.4. The Bertz CT molecular complexity index is 475. The predicted molar refractivity (Wildman–Crippen MR) is 76.7 cm³/mol. The molecule has 0 atom stereocenters. The third-order valence-electron chi connectivity index (χ3n) is 2.33. The van der Waals surface area contributed by atoms with Gasteiger partial charge in [-0.3, -0.25) is 0 Å². The minimum atomic E-state index is 1.06. The Labute approximate surface area is 99.3 Å². The van der Waals surface area contributed by atoms with E-state index in [-0.39, 0.29) is 0 Å². The van der Waals surface area contributed by atoms with Crippen LogP contribution in [-0.4, -0.2) is 0 Å². The molecule has 0 aliphatic carbocycles. The molecule has 86 valence electrons. The van der Waals surface area contributed by atoms with Crippen molar-refractivity contribution < 1.29 is 0 Å². The van der Waals surface area contributed by atoms with Crippen LogP contribution in [0.15, 0.2) is 31.4 Å². The molecule has 0 heteroatoms. The second-order valence-corrected chi connectivity index (χ2v) is 3.50. The van der Waals surface area contributed by atoms with Crippen LogP contribution in [0.4, 0.5) is 0 Å². The summed E-state index contributed by atoms with van der Waals surface area (Å²) in [4.78, 5) is 0. The first-order valence-corrected chi connectivity index (χ1v) is 5.65. The molecule has 0 aliphatic heterocycles. The predicted octanol–water partition coefficient (Wildman–Crippen LogP) is 3.43. The van der Waals surface area contributed by atoms with Crippen molar-refractivity contribution in [2.24, 2.45) is 0 Å². The van der Waals surface area contributed by atoms with E-state index in [2.05, 4.69) is 32.7 Å². The average Bonchev–Trinajstić information content (AvgIpc) is 2.26. The van der Waals surface area contributed by atoms with E-state index < -0.39 is 0 Å². The summed E-state index contributed by atoms with van der Waals surface area (Å²) in [5.74, 6) is 0. The van der Waals surface area contributed by atoms with Crippen LogP contribution in [0.25, 0.3) is 18.2 Å². The van der Waals surface area contributed by atoms with Gasteiger partial charge in [-0.1, -0.05) is 63.4 Å². The van der Waals surface area contributed by atoms with Crippen LogP contribution in [0.2, 0.25) is 0 Å². The van der Waals surface area contributed by atoms with Gasteiger partial charge in [-0.2, -0.15) is 0 Å². The molecule has 0 radical (unpaired) electrons. The maximum absolute atomic E-state index is 3.99. The first-order chi connectivity index (χ1) is 7.57. The maximum atomic E-state index is 3.99. The van der Waals surface area contributed by atoms with Crippen molar-refractivity contribution in [3.8, 4) is 0 Å². The van der Waals surface area contributed by atoms with E-state index in [9.17, 15) is 0 Å². The third kappa shape index (κ3) is 3.23. The average molecular weight is 214 g/mol. The van der Waals surface area contributed by atoms with E-state index >= 15 is 0 Å². The van der Waals surface area contributed by atoms with Crippen molar-refractivity contribution in [2.45, 2.75) is 27.7 Å². The molecule has 1 aromatic rings. The van der Waals surface area contributed by atoms with Crippen molar-refractivity contribution in [2.75, 3.05) is 0 Å². The topological polar surface area (TPSA) is 0 Å². The summed E-state index contributed by atoms with van der Waals surface area (Å²) in [5.41, 5.74) is 3.46. The number of hydrogen-bond donors (Lipinski definition) is 0. The molecule has 0 bridgehead atoms. The summed E-state index contributed by atoms with van der Waals surface area (Å²) < 4.78 is 0. The van der Waals surface area contributed by atoms with Crippen LogP contribution in [0.5, 0.6) is 0 Å². The molecule has 0 heterocycles. The highest BCUT2D eigenvalue weighted by molar-refractivity contribution is 5.66. The van der Waals surface area contributed by atoms with Crippen molar-refractivity contribution in [1.82, 2.24) is 0 Å². The van der Waals surface area contributed by atoms with Gasteiger partial charge in [0.25, 0.3) is 0 Å². The highest BCUT2D eigenvalue weighted by Crippen LogP contribution is 2.08. The lowest BCUT2D eigenvalue weighted by molar-refractivity contribution is 1.34. The third-order valence-corrected chi connectivity index (χ3v) is 2.33. The largest absolute Gasteiger partial charge is 0.0990 e. The summed E-state index contributed by atoms with van der Waals surface area (Å²) in [7, 11) is 0. The Kier molecular flexibility index (Phi) is 6.17. The highest BCUT2D eigenvalue weighted by atomic mass is 14.0. The maximum Gasteiger partial charge on any atom is -0.0126 e. The fourth-order valence-corrected chi connectivity index (χ4v) is 1.61. The molecule has 0 aromatic heterocycles. The Balaban J connectivity index is 0.00000106. The molecule has 0 saturated carbocycles. The van der Waals surface area contributed by atoms with E-state index in [1.807, 2.05) is 32.9 Å². The van der Waals surface area contributed by atoms with Gasteiger partial charge in [0.1, 0.15) is 0 Å².